The first-order chi connectivity index (χ1) is 11.0. The van der Waals surface area contributed by atoms with Gasteiger partial charge in [-0.2, -0.15) is 0 Å². The maximum atomic E-state index is 12.4. The molecule has 1 aliphatic rings. The first-order valence-electron chi connectivity index (χ1n) is 8.39. The van der Waals surface area contributed by atoms with E-state index < -0.39 is 0 Å². The van der Waals surface area contributed by atoms with E-state index >= 15 is 0 Å². The van der Waals surface area contributed by atoms with Gasteiger partial charge in [0.2, 0.25) is 11.8 Å². The standard InChI is InChI=1S/C18H27N3O2.ClH/c1-14(2)18(23)21-11-5-10-20(12-13-21)17(22)9-8-15-6-3-4-7-16(15)19;/h3-4,6-7,14H,5,8-13,19H2,1-2H3;1H. The third-order valence-corrected chi connectivity index (χ3v) is 4.32. The number of hydrogen-bond acceptors (Lipinski definition) is 3. The molecule has 0 atom stereocenters. The first-order valence-corrected chi connectivity index (χ1v) is 8.39. The summed E-state index contributed by atoms with van der Waals surface area (Å²) in [7, 11) is 0. The van der Waals surface area contributed by atoms with Gasteiger partial charge in [-0.25, -0.2) is 0 Å². The maximum absolute atomic E-state index is 12.4. The number of nitrogen functional groups attached to an aromatic ring is 1. The fourth-order valence-electron chi connectivity index (χ4n) is 2.91. The number of aryl methyl sites for hydroxylation is 1. The number of carbonyl (C=O) groups is 2. The highest BCUT2D eigenvalue weighted by Gasteiger charge is 2.23. The van der Waals surface area contributed by atoms with Crippen LogP contribution in [0.15, 0.2) is 24.3 Å². The molecule has 1 aliphatic heterocycles. The van der Waals surface area contributed by atoms with E-state index in [1.807, 2.05) is 47.9 Å². The third kappa shape index (κ3) is 5.41. The minimum Gasteiger partial charge on any atom is -0.399 e. The Hall–Kier alpha value is -1.75. The Bertz CT molecular complexity index is 563. The maximum Gasteiger partial charge on any atom is 0.225 e. The van der Waals surface area contributed by atoms with Gasteiger partial charge in [0, 0.05) is 44.2 Å². The molecule has 2 rings (SSSR count). The minimum atomic E-state index is 0. The minimum absolute atomic E-state index is 0. The molecule has 1 fully saturated rings. The van der Waals surface area contributed by atoms with Gasteiger partial charge in [-0.15, -0.1) is 12.4 Å². The molecule has 0 bridgehead atoms. The van der Waals surface area contributed by atoms with E-state index in [0.29, 0.717) is 25.9 Å². The second kappa shape index (κ2) is 9.52. The summed E-state index contributed by atoms with van der Waals surface area (Å²) in [6.07, 6.45) is 1.97. The van der Waals surface area contributed by atoms with Crippen LogP contribution in [0.3, 0.4) is 0 Å². The molecule has 2 amide bonds. The molecule has 2 N–H and O–H groups in total. The van der Waals surface area contributed by atoms with Crippen molar-refractivity contribution in [3.05, 3.63) is 29.8 Å². The van der Waals surface area contributed by atoms with E-state index in [1.165, 1.54) is 0 Å². The second-order valence-electron chi connectivity index (χ2n) is 6.41. The summed E-state index contributed by atoms with van der Waals surface area (Å²) in [4.78, 5) is 28.3. The predicted octanol–water partition coefficient (Wildman–Crippen LogP) is 2.34. The number of anilines is 1. The molecule has 6 heteroatoms. The van der Waals surface area contributed by atoms with Gasteiger partial charge in [-0.05, 0) is 24.5 Å². The quantitative estimate of drug-likeness (QED) is 0.845. The highest BCUT2D eigenvalue weighted by atomic mass is 35.5. The molecule has 1 aromatic carbocycles. The summed E-state index contributed by atoms with van der Waals surface area (Å²) >= 11 is 0. The number of para-hydroxylation sites is 1. The zero-order valence-electron chi connectivity index (χ0n) is 14.5. The van der Waals surface area contributed by atoms with Gasteiger partial charge in [0.15, 0.2) is 0 Å². The Labute approximate surface area is 150 Å². The van der Waals surface area contributed by atoms with Crippen LogP contribution < -0.4 is 5.73 Å². The Morgan fingerprint density at radius 3 is 2.38 bits per heavy atom. The van der Waals surface area contributed by atoms with Crippen molar-refractivity contribution >= 4 is 29.9 Å². The second-order valence-corrected chi connectivity index (χ2v) is 6.41. The summed E-state index contributed by atoms with van der Waals surface area (Å²) < 4.78 is 0. The fourth-order valence-corrected chi connectivity index (χ4v) is 2.91. The molecular weight excluding hydrogens is 326 g/mol. The number of hydrogen-bond donors (Lipinski definition) is 1. The molecule has 0 aromatic heterocycles. The van der Waals surface area contributed by atoms with Crippen LogP contribution in [0.2, 0.25) is 0 Å². The highest BCUT2D eigenvalue weighted by Crippen LogP contribution is 2.14. The van der Waals surface area contributed by atoms with Crippen LogP contribution in [0.25, 0.3) is 0 Å². The molecule has 24 heavy (non-hydrogen) atoms. The summed E-state index contributed by atoms with van der Waals surface area (Å²) in [5.41, 5.74) is 7.68. The molecule has 0 spiro atoms. The molecule has 0 unspecified atom stereocenters. The predicted molar refractivity (Wildman–Crippen MR) is 99.0 cm³/mol. The summed E-state index contributed by atoms with van der Waals surface area (Å²) in [5, 5.41) is 0. The Morgan fingerprint density at radius 1 is 1.08 bits per heavy atom. The molecular formula is C18H28ClN3O2. The lowest BCUT2D eigenvalue weighted by atomic mass is 10.1. The number of halogens is 1. The fraction of sp³-hybridized carbons (Fsp3) is 0.556. The Kier molecular flexibility index (Phi) is 8.05. The van der Waals surface area contributed by atoms with E-state index in [2.05, 4.69) is 0 Å². The lowest BCUT2D eigenvalue weighted by molar-refractivity contribution is -0.135. The van der Waals surface area contributed by atoms with E-state index in [9.17, 15) is 9.59 Å². The van der Waals surface area contributed by atoms with Gasteiger partial charge < -0.3 is 15.5 Å². The lowest BCUT2D eigenvalue weighted by Crippen LogP contribution is -2.39. The molecule has 5 nitrogen and oxygen atoms in total. The molecule has 1 heterocycles. The van der Waals surface area contributed by atoms with Gasteiger partial charge in [-0.3, -0.25) is 9.59 Å². The number of nitrogens with two attached hydrogens (primary N) is 1. The van der Waals surface area contributed by atoms with Gasteiger partial charge in [0.05, 0.1) is 0 Å². The van der Waals surface area contributed by atoms with Crippen molar-refractivity contribution in [2.75, 3.05) is 31.9 Å². The molecule has 0 aliphatic carbocycles. The van der Waals surface area contributed by atoms with Crippen LogP contribution in [0.4, 0.5) is 5.69 Å². The Balaban J connectivity index is 0.00000288. The lowest BCUT2D eigenvalue weighted by Gasteiger charge is -2.23. The normalized spacial score (nSPS) is 15.0. The molecule has 134 valence electrons. The Morgan fingerprint density at radius 2 is 1.71 bits per heavy atom. The topological polar surface area (TPSA) is 66.6 Å². The van der Waals surface area contributed by atoms with Gasteiger partial charge in [0.1, 0.15) is 0 Å². The molecule has 0 saturated carbocycles. The summed E-state index contributed by atoms with van der Waals surface area (Å²) in [6.45, 7) is 6.57. The van der Waals surface area contributed by atoms with Crippen molar-refractivity contribution in [1.82, 2.24) is 9.80 Å². The van der Waals surface area contributed by atoms with Crippen molar-refractivity contribution in [3.63, 3.8) is 0 Å². The first kappa shape index (κ1) is 20.3. The smallest absolute Gasteiger partial charge is 0.225 e. The van der Waals surface area contributed by atoms with Crippen LogP contribution >= 0.6 is 12.4 Å². The van der Waals surface area contributed by atoms with Gasteiger partial charge in [0.25, 0.3) is 0 Å². The average molecular weight is 354 g/mol. The van der Waals surface area contributed by atoms with Crippen molar-refractivity contribution in [2.45, 2.75) is 33.1 Å². The van der Waals surface area contributed by atoms with E-state index in [4.69, 9.17) is 5.73 Å². The van der Waals surface area contributed by atoms with Gasteiger partial charge in [-0.1, -0.05) is 32.0 Å². The highest BCUT2D eigenvalue weighted by molar-refractivity contribution is 5.85. The number of carbonyl (C=O) groups excluding carboxylic acids is 2. The molecule has 1 saturated heterocycles. The number of rotatable bonds is 4. The summed E-state index contributed by atoms with van der Waals surface area (Å²) in [5.74, 6) is 0.335. The van der Waals surface area contributed by atoms with Crippen molar-refractivity contribution < 1.29 is 9.59 Å². The number of benzene rings is 1. The van der Waals surface area contributed by atoms with Crippen LogP contribution in [0.1, 0.15) is 32.3 Å². The zero-order chi connectivity index (χ0) is 16.8. The number of nitrogens with zero attached hydrogens (tertiary/aromatic N) is 2. The molecule has 1 aromatic rings. The molecule has 0 radical (unpaired) electrons. The van der Waals surface area contributed by atoms with E-state index in [1.54, 1.807) is 0 Å². The number of amides is 2. The van der Waals surface area contributed by atoms with Gasteiger partial charge >= 0.3 is 0 Å². The van der Waals surface area contributed by atoms with Crippen molar-refractivity contribution in [3.8, 4) is 0 Å². The van der Waals surface area contributed by atoms with Crippen LogP contribution in [-0.4, -0.2) is 47.8 Å². The monoisotopic (exact) mass is 353 g/mol. The average Bonchev–Trinajstić information content (AvgIpc) is 2.79. The van der Waals surface area contributed by atoms with Crippen LogP contribution in [0.5, 0.6) is 0 Å². The van der Waals surface area contributed by atoms with E-state index in [0.717, 1.165) is 30.8 Å². The third-order valence-electron chi connectivity index (χ3n) is 4.32. The van der Waals surface area contributed by atoms with Crippen LogP contribution in [0, 0.1) is 5.92 Å². The van der Waals surface area contributed by atoms with Crippen molar-refractivity contribution in [1.29, 1.82) is 0 Å². The zero-order valence-corrected chi connectivity index (χ0v) is 15.3. The van der Waals surface area contributed by atoms with Crippen LogP contribution in [-0.2, 0) is 16.0 Å². The largest absolute Gasteiger partial charge is 0.399 e. The van der Waals surface area contributed by atoms with E-state index in [-0.39, 0.29) is 30.1 Å². The summed E-state index contributed by atoms with van der Waals surface area (Å²) in [6, 6.07) is 7.67. The van der Waals surface area contributed by atoms with Crippen molar-refractivity contribution in [2.24, 2.45) is 5.92 Å². The SMILES string of the molecule is CC(C)C(=O)N1CCCN(C(=O)CCc2ccccc2N)CC1.Cl.